The Morgan fingerprint density at radius 1 is 1.07 bits per heavy atom. The molecule has 1 aromatic heterocycles. The Bertz CT molecular complexity index is 984. The highest BCUT2D eigenvalue weighted by Crippen LogP contribution is 2.33. The van der Waals surface area contributed by atoms with Gasteiger partial charge in [-0.1, -0.05) is 18.2 Å². The van der Waals surface area contributed by atoms with Crippen molar-refractivity contribution in [3.8, 4) is 28.3 Å². The number of hydrogen-bond donors (Lipinski definition) is 1. The van der Waals surface area contributed by atoms with Gasteiger partial charge in [0.2, 0.25) is 0 Å². The van der Waals surface area contributed by atoms with Crippen LogP contribution < -0.4 is 14.8 Å². The lowest BCUT2D eigenvalue weighted by Gasteiger charge is -2.14. The molecule has 0 radical (unpaired) electrons. The fourth-order valence-corrected chi connectivity index (χ4v) is 3.11. The van der Waals surface area contributed by atoms with Crippen molar-refractivity contribution in [1.29, 1.82) is 0 Å². The number of nitrogens with zero attached hydrogens (tertiary/aromatic N) is 2. The largest absolute Gasteiger partial charge is 0.493 e. The molecule has 7 heteroatoms. The monoisotopic (exact) mass is 395 g/mol. The van der Waals surface area contributed by atoms with E-state index in [-0.39, 0.29) is 11.9 Å². The van der Waals surface area contributed by atoms with E-state index in [0.29, 0.717) is 23.8 Å². The van der Waals surface area contributed by atoms with E-state index in [1.165, 1.54) is 0 Å². The third kappa shape index (κ3) is 4.57. The molecular formula is C22H25N3O4. The molecule has 29 heavy (non-hydrogen) atoms. The summed E-state index contributed by atoms with van der Waals surface area (Å²) >= 11 is 0. The van der Waals surface area contributed by atoms with Crippen LogP contribution in [0.1, 0.15) is 17.4 Å². The number of benzene rings is 2. The number of rotatable bonds is 8. The lowest BCUT2D eigenvalue weighted by atomic mass is 10.0. The second kappa shape index (κ2) is 9.25. The zero-order valence-electron chi connectivity index (χ0n) is 17.0. The Morgan fingerprint density at radius 3 is 2.55 bits per heavy atom. The summed E-state index contributed by atoms with van der Waals surface area (Å²) in [5.74, 6) is 1.12. The summed E-state index contributed by atoms with van der Waals surface area (Å²) in [4.78, 5) is 16.8. The van der Waals surface area contributed by atoms with Gasteiger partial charge in [-0.15, -0.1) is 0 Å². The van der Waals surface area contributed by atoms with Crippen LogP contribution in [0.3, 0.4) is 0 Å². The Morgan fingerprint density at radius 2 is 1.83 bits per heavy atom. The summed E-state index contributed by atoms with van der Waals surface area (Å²) in [6.45, 7) is 2.33. The SMILES string of the molecule is COC[C@@H](C)NC(=O)c1cncn1-c1cccc(-c2ccc(OC)c(OC)c2)c1. The highest BCUT2D eigenvalue weighted by molar-refractivity contribution is 5.93. The van der Waals surface area contributed by atoms with Gasteiger partial charge in [-0.25, -0.2) is 4.98 Å². The van der Waals surface area contributed by atoms with Gasteiger partial charge in [0.05, 0.1) is 33.4 Å². The normalized spacial score (nSPS) is 11.7. The highest BCUT2D eigenvalue weighted by Gasteiger charge is 2.16. The third-order valence-electron chi connectivity index (χ3n) is 4.51. The van der Waals surface area contributed by atoms with Gasteiger partial charge in [0.1, 0.15) is 5.69 Å². The number of amides is 1. The third-order valence-corrected chi connectivity index (χ3v) is 4.51. The molecule has 0 aliphatic rings. The van der Waals surface area contributed by atoms with Crippen molar-refractivity contribution >= 4 is 5.91 Å². The van der Waals surface area contributed by atoms with E-state index >= 15 is 0 Å². The van der Waals surface area contributed by atoms with Gasteiger partial charge in [-0.05, 0) is 42.3 Å². The van der Waals surface area contributed by atoms with E-state index in [2.05, 4.69) is 10.3 Å². The molecule has 1 N–H and O–H groups in total. The van der Waals surface area contributed by atoms with Crippen molar-refractivity contribution in [3.05, 3.63) is 60.7 Å². The number of imidazole rings is 1. The van der Waals surface area contributed by atoms with Crippen LogP contribution in [0.5, 0.6) is 11.5 Å². The smallest absolute Gasteiger partial charge is 0.270 e. The minimum atomic E-state index is -0.205. The van der Waals surface area contributed by atoms with Crippen LogP contribution in [-0.4, -0.2) is 49.4 Å². The Labute approximate surface area is 170 Å². The van der Waals surface area contributed by atoms with E-state index in [0.717, 1.165) is 16.8 Å². The van der Waals surface area contributed by atoms with Crippen molar-refractivity contribution in [2.75, 3.05) is 27.9 Å². The zero-order valence-corrected chi connectivity index (χ0v) is 17.0. The van der Waals surface area contributed by atoms with Gasteiger partial charge < -0.3 is 19.5 Å². The predicted molar refractivity (Wildman–Crippen MR) is 111 cm³/mol. The fraction of sp³-hybridized carbons (Fsp3) is 0.273. The molecule has 2 aromatic carbocycles. The average molecular weight is 395 g/mol. The molecule has 3 aromatic rings. The quantitative estimate of drug-likeness (QED) is 0.633. The molecule has 3 rings (SSSR count). The lowest BCUT2D eigenvalue weighted by molar-refractivity contribution is 0.0898. The van der Waals surface area contributed by atoms with Crippen LogP contribution in [0, 0.1) is 0 Å². The van der Waals surface area contributed by atoms with Gasteiger partial charge in [0.25, 0.3) is 5.91 Å². The van der Waals surface area contributed by atoms with Gasteiger partial charge in [-0.3, -0.25) is 9.36 Å². The van der Waals surface area contributed by atoms with Gasteiger partial charge in [-0.2, -0.15) is 0 Å². The number of carbonyl (C=O) groups excluding carboxylic acids is 1. The maximum atomic E-state index is 12.6. The molecular weight excluding hydrogens is 370 g/mol. The van der Waals surface area contributed by atoms with Crippen LogP contribution in [-0.2, 0) is 4.74 Å². The van der Waals surface area contributed by atoms with Crippen molar-refractivity contribution < 1.29 is 19.0 Å². The molecule has 0 aliphatic heterocycles. The molecule has 0 bridgehead atoms. The molecule has 0 unspecified atom stereocenters. The average Bonchev–Trinajstić information content (AvgIpc) is 3.23. The van der Waals surface area contributed by atoms with E-state index in [4.69, 9.17) is 14.2 Å². The van der Waals surface area contributed by atoms with Crippen LogP contribution in [0.15, 0.2) is 55.0 Å². The molecule has 7 nitrogen and oxygen atoms in total. The second-order valence-corrected chi connectivity index (χ2v) is 6.60. The van der Waals surface area contributed by atoms with Crippen molar-refractivity contribution in [2.24, 2.45) is 0 Å². The van der Waals surface area contributed by atoms with Gasteiger partial charge in [0, 0.05) is 18.8 Å². The summed E-state index contributed by atoms with van der Waals surface area (Å²) in [6, 6.07) is 13.5. The molecule has 1 atom stereocenters. The summed E-state index contributed by atoms with van der Waals surface area (Å²) in [5, 5.41) is 2.91. The van der Waals surface area contributed by atoms with Crippen molar-refractivity contribution in [3.63, 3.8) is 0 Å². The van der Waals surface area contributed by atoms with E-state index in [1.54, 1.807) is 38.4 Å². The Hall–Kier alpha value is -3.32. The topological polar surface area (TPSA) is 74.6 Å². The van der Waals surface area contributed by atoms with E-state index < -0.39 is 0 Å². The predicted octanol–water partition coefficient (Wildman–Crippen LogP) is 3.32. The minimum absolute atomic E-state index is 0.103. The van der Waals surface area contributed by atoms with Crippen LogP contribution in [0.4, 0.5) is 0 Å². The fourth-order valence-electron chi connectivity index (χ4n) is 3.11. The molecule has 0 aliphatic carbocycles. The molecule has 0 saturated carbocycles. The number of hydrogen-bond acceptors (Lipinski definition) is 5. The second-order valence-electron chi connectivity index (χ2n) is 6.60. The van der Waals surface area contributed by atoms with Crippen LogP contribution >= 0.6 is 0 Å². The number of nitrogens with one attached hydrogen (secondary N) is 1. The highest BCUT2D eigenvalue weighted by atomic mass is 16.5. The van der Waals surface area contributed by atoms with E-state index in [9.17, 15) is 4.79 Å². The minimum Gasteiger partial charge on any atom is -0.493 e. The lowest BCUT2D eigenvalue weighted by Crippen LogP contribution is -2.36. The summed E-state index contributed by atoms with van der Waals surface area (Å²) < 4.78 is 17.6. The first kappa shape index (κ1) is 20.4. The van der Waals surface area contributed by atoms with Gasteiger partial charge >= 0.3 is 0 Å². The van der Waals surface area contributed by atoms with Crippen molar-refractivity contribution in [2.45, 2.75) is 13.0 Å². The Kier molecular flexibility index (Phi) is 6.51. The van der Waals surface area contributed by atoms with Gasteiger partial charge in [0.15, 0.2) is 11.5 Å². The molecule has 0 spiro atoms. The molecule has 1 amide bonds. The first-order valence-corrected chi connectivity index (χ1v) is 9.22. The zero-order chi connectivity index (χ0) is 20.8. The number of methoxy groups -OCH3 is 3. The molecule has 0 fully saturated rings. The number of aromatic nitrogens is 2. The molecule has 1 heterocycles. The van der Waals surface area contributed by atoms with Crippen LogP contribution in [0.25, 0.3) is 16.8 Å². The first-order valence-electron chi connectivity index (χ1n) is 9.22. The Balaban J connectivity index is 1.92. The molecule has 0 saturated heterocycles. The maximum Gasteiger partial charge on any atom is 0.270 e. The summed E-state index contributed by atoms with van der Waals surface area (Å²) in [7, 11) is 4.82. The number of ether oxygens (including phenoxy) is 3. The first-order chi connectivity index (χ1) is 14.1. The summed E-state index contributed by atoms with van der Waals surface area (Å²) in [6.07, 6.45) is 3.18. The number of carbonyl (C=O) groups is 1. The molecule has 152 valence electrons. The van der Waals surface area contributed by atoms with E-state index in [1.807, 2.05) is 49.4 Å². The van der Waals surface area contributed by atoms with Crippen molar-refractivity contribution in [1.82, 2.24) is 14.9 Å². The van der Waals surface area contributed by atoms with Crippen LogP contribution in [0.2, 0.25) is 0 Å². The maximum absolute atomic E-state index is 12.6. The standard InChI is InChI=1S/C22H25N3O4/c1-15(13-27-2)24-22(26)19-12-23-14-25(19)18-7-5-6-16(10-18)17-8-9-20(28-3)21(11-17)29-4/h5-12,14-15H,13H2,1-4H3,(H,24,26)/t15-/m1/s1. The summed E-state index contributed by atoms with van der Waals surface area (Å²) in [5.41, 5.74) is 3.25.